The highest BCUT2D eigenvalue weighted by Crippen LogP contribution is 2.36. The largest absolute Gasteiger partial charge is 0.507 e. The van der Waals surface area contributed by atoms with Crippen LogP contribution < -0.4 is 5.63 Å². The Morgan fingerprint density at radius 2 is 1.63 bits per heavy atom. The van der Waals surface area contributed by atoms with E-state index in [1.165, 1.54) is 28.4 Å². The summed E-state index contributed by atoms with van der Waals surface area (Å²) in [6.07, 6.45) is 0. The van der Waals surface area contributed by atoms with Gasteiger partial charge in [0.2, 0.25) is 0 Å². The van der Waals surface area contributed by atoms with E-state index in [0.29, 0.717) is 10.5 Å². The predicted octanol–water partition coefficient (Wildman–Crippen LogP) is 5.13. The van der Waals surface area contributed by atoms with Gasteiger partial charge in [-0.25, -0.2) is 9.78 Å². The normalized spacial score (nSPS) is 12.0. The Morgan fingerprint density at radius 3 is 2.20 bits per heavy atom. The Morgan fingerprint density at radius 1 is 1.02 bits per heavy atom. The number of nitrogens with zero attached hydrogens (tertiary/aromatic N) is 3. The van der Waals surface area contributed by atoms with Gasteiger partial charge in [0.25, 0.3) is 0 Å². The first-order chi connectivity index (χ1) is 19.1. The molecular formula is C30H31N3O7S. The van der Waals surface area contributed by atoms with Gasteiger partial charge in [-0.05, 0) is 65.8 Å². The summed E-state index contributed by atoms with van der Waals surface area (Å²) in [5.74, 6) is -1.44. The van der Waals surface area contributed by atoms with Crippen LogP contribution in [0.5, 0.6) is 5.75 Å². The van der Waals surface area contributed by atoms with Crippen LogP contribution >= 0.6 is 11.3 Å². The maximum Gasteiger partial charge on any atom is 0.348 e. The number of rotatable bonds is 7. The minimum atomic E-state index is -0.800. The number of phenols is 1. The molecule has 4 rings (SSSR count). The zero-order chi connectivity index (χ0) is 30.1. The van der Waals surface area contributed by atoms with Crippen LogP contribution in [0.4, 0.5) is 0 Å². The third kappa shape index (κ3) is 7.09. The molecule has 4 aromatic rings. The SMILES string of the molecule is CC(C)(C)OC(=O)CN(CC(=O)OC(C)(C)C)Cc1c(O)ccc2c(C#N)c(-c3nc4ccccc4s3)c(=O)oc12. The molecule has 0 bridgehead atoms. The first kappa shape index (κ1) is 29.7. The molecule has 2 aromatic carbocycles. The van der Waals surface area contributed by atoms with Crippen molar-refractivity contribution < 1.29 is 28.6 Å². The number of hydrogen-bond donors (Lipinski definition) is 1. The van der Waals surface area contributed by atoms with Crippen LogP contribution in [0.1, 0.15) is 52.7 Å². The average molecular weight is 578 g/mol. The van der Waals surface area contributed by atoms with Crippen molar-refractivity contribution in [2.75, 3.05) is 13.1 Å². The standard InChI is InChI=1S/C30H31N3O7S/c1-29(2,3)39-23(35)15-33(16-24(36)40-30(4,5)6)14-19-21(34)12-11-17-18(13-31)25(28(37)38-26(17)19)27-32-20-9-7-8-10-22(20)41-27/h7-12,34H,14-16H2,1-6H3. The minimum Gasteiger partial charge on any atom is -0.507 e. The van der Waals surface area contributed by atoms with Crippen LogP contribution in [0.3, 0.4) is 0 Å². The number of phenolic OH excluding ortho intramolecular Hbond substituents is 1. The number of aromatic hydroxyl groups is 1. The van der Waals surface area contributed by atoms with Crippen LogP contribution in [0.2, 0.25) is 0 Å². The lowest BCUT2D eigenvalue weighted by Crippen LogP contribution is -2.39. The molecule has 0 spiro atoms. The Kier molecular flexibility index (Phi) is 8.19. The molecule has 2 aromatic heterocycles. The van der Waals surface area contributed by atoms with Crippen LogP contribution in [0.25, 0.3) is 31.8 Å². The third-order valence-corrected chi connectivity index (χ3v) is 6.75. The van der Waals surface area contributed by atoms with Crippen LogP contribution in [-0.4, -0.2) is 51.2 Å². The third-order valence-electron chi connectivity index (χ3n) is 5.70. The molecular weight excluding hydrogens is 546 g/mol. The Balaban J connectivity index is 1.79. The summed E-state index contributed by atoms with van der Waals surface area (Å²) in [7, 11) is 0. The molecule has 0 unspecified atom stereocenters. The van der Waals surface area contributed by atoms with E-state index in [4.69, 9.17) is 13.9 Å². The molecule has 11 heteroatoms. The highest BCUT2D eigenvalue weighted by atomic mass is 32.1. The molecule has 0 amide bonds. The number of aromatic nitrogens is 1. The van der Waals surface area contributed by atoms with Crippen LogP contribution in [-0.2, 0) is 25.6 Å². The minimum absolute atomic E-state index is 0.0252. The molecule has 0 saturated carbocycles. The van der Waals surface area contributed by atoms with E-state index in [-0.39, 0.29) is 53.0 Å². The summed E-state index contributed by atoms with van der Waals surface area (Å²) in [5, 5.41) is 21.6. The Hall–Kier alpha value is -4.27. The van der Waals surface area contributed by atoms with E-state index in [1.54, 1.807) is 41.5 Å². The second kappa shape index (κ2) is 11.3. The summed E-state index contributed by atoms with van der Waals surface area (Å²) in [6.45, 7) is 9.53. The quantitative estimate of drug-likeness (QED) is 0.232. The smallest absolute Gasteiger partial charge is 0.348 e. The lowest BCUT2D eigenvalue weighted by molar-refractivity contribution is -0.160. The topological polar surface area (TPSA) is 143 Å². The Labute approximate surface area is 240 Å². The van der Waals surface area contributed by atoms with Gasteiger partial charge in [-0.15, -0.1) is 11.3 Å². The second-order valence-electron chi connectivity index (χ2n) is 11.5. The number of thiazole rings is 1. The molecule has 1 N–H and O–H groups in total. The molecule has 0 atom stereocenters. The lowest BCUT2D eigenvalue weighted by atomic mass is 10.0. The van der Waals surface area contributed by atoms with E-state index in [1.807, 2.05) is 24.3 Å². The molecule has 10 nitrogen and oxygen atoms in total. The zero-order valence-electron chi connectivity index (χ0n) is 23.7. The van der Waals surface area contributed by atoms with Crippen molar-refractivity contribution in [2.24, 2.45) is 0 Å². The maximum absolute atomic E-state index is 13.3. The van der Waals surface area contributed by atoms with E-state index < -0.39 is 28.8 Å². The summed E-state index contributed by atoms with van der Waals surface area (Å²) < 4.78 is 17.4. The molecule has 0 saturated heterocycles. The first-order valence-corrected chi connectivity index (χ1v) is 13.7. The predicted molar refractivity (Wildman–Crippen MR) is 154 cm³/mol. The molecule has 0 fully saturated rings. The van der Waals surface area contributed by atoms with Gasteiger partial charge in [-0.1, -0.05) is 12.1 Å². The molecule has 0 radical (unpaired) electrons. The summed E-state index contributed by atoms with van der Waals surface area (Å²) >= 11 is 1.26. The average Bonchev–Trinajstić information content (AvgIpc) is 3.26. The van der Waals surface area contributed by atoms with Gasteiger partial charge >= 0.3 is 17.6 Å². The van der Waals surface area contributed by atoms with Gasteiger partial charge in [0.05, 0.1) is 34.4 Å². The number of benzene rings is 2. The fourth-order valence-electron chi connectivity index (χ4n) is 4.26. The molecule has 41 heavy (non-hydrogen) atoms. The number of carbonyl (C=O) groups is 2. The number of esters is 2. The van der Waals surface area contributed by atoms with E-state index in [2.05, 4.69) is 11.1 Å². The number of hydrogen-bond acceptors (Lipinski definition) is 11. The number of nitriles is 1. The van der Waals surface area contributed by atoms with Gasteiger partial charge in [0, 0.05) is 11.9 Å². The fourth-order valence-corrected chi connectivity index (χ4v) is 5.26. The number of carbonyl (C=O) groups excluding carboxylic acids is 2. The molecule has 0 aliphatic carbocycles. The van der Waals surface area contributed by atoms with Crippen molar-refractivity contribution in [1.82, 2.24) is 9.88 Å². The fraction of sp³-hybridized carbons (Fsp3) is 0.367. The van der Waals surface area contributed by atoms with Gasteiger partial charge in [-0.3, -0.25) is 14.5 Å². The van der Waals surface area contributed by atoms with Crippen molar-refractivity contribution in [3.8, 4) is 22.4 Å². The molecule has 214 valence electrons. The molecule has 2 heterocycles. The maximum atomic E-state index is 13.3. The van der Waals surface area contributed by atoms with E-state index in [0.717, 1.165) is 4.70 Å². The number of ether oxygens (including phenoxy) is 2. The second-order valence-corrected chi connectivity index (χ2v) is 12.5. The molecule has 0 aliphatic rings. The van der Waals surface area contributed by atoms with Crippen LogP contribution in [0.15, 0.2) is 45.6 Å². The van der Waals surface area contributed by atoms with Crippen molar-refractivity contribution in [1.29, 1.82) is 5.26 Å². The van der Waals surface area contributed by atoms with Gasteiger partial charge in [0.1, 0.15) is 39.2 Å². The van der Waals surface area contributed by atoms with Crippen molar-refractivity contribution in [3.05, 3.63) is 57.9 Å². The molecule has 0 aliphatic heterocycles. The van der Waals surface area contributed by atoms with Crippen LogP contribution in [0, 0.1) is 11.3 Å². The van der Waals surface area contributed by atoms with E-state index in [9.17, 15) is 24.8 Å². The number of fused-ring (bicyclic) bond motifs is 2. The van der Waals surface area contributed by atoms with Gasteiger partial charge in [-0.2, -0.15) is 5.26 Å². The monoisotopic (exact) mass is 577 g/mol. The summed E-state index contributed by atoms with van der Waals surface area (Å²) in [4.78, 5) is 44.7. The highest BCUT2D eigenvalue weighted by molar-refractivity contribution is 7.21. The van der Waals surface area contributed by atoms with Crippen molar-refractivity contribution >= 4 is 44.5 Å². The number of para-hydroxylation sites is 1. The summed E-state index contributed by atoms with van der Waals surface area (Å²) in [5.41, 5.74) is -1.48. The first-order valence-electron chi connectivity index (χ1n) is 12.9. The van der Waals surface area contributed by atoms with Crippen molar-refractivity contribution in [3.63, 3.8) is 0 Å². The van der Waals surface area contributed by atoms with Gasteiger partial charge < -0.3 is 19.0 Å². The highest BCUT2D eigenvalue weighted by Gasteiger charge is 2.27. The van der Waals surface area contributed by atoms with E-state index >= 15 is 0 Å². The Bertz CT molecular complexity index is 1670. The summed E-state index contributed by atoms with van der Waals surface area (Å²) in [6, 6.07) is 12.3. The van der Waals surface area contributed by atoms with Gasteiger partial charge in [0.15, 0.2) is 0 Å². The lowest BCUT2D eigenvalue weighted by Gasteiger charge is -2.26. The zero-order valence-corrected chi connectivity index (χ0v) is 24.5. The van der Waals surface area contributed by atoms with Crippen molar-refractivity contribution in [2.45, 2.75) is 59.3 Å².